The molecular weight excluding hydrogens is 286 g/mol. The number of imidazole rings is 1. The number of nitriles is 1. The van der Waals surface area contributed by atoms with Crippen LogP contribution in [0.2, 0.25) is 0 Å². The maximum absolute atomic E-state index is 9.08. The van der Waals surface area contributed by atoms with E-state index < -0.39 is 0 Å². The van der Waals surface area contributed by atoms with Gasteiger partial charge in [-0.25, -0.2) is 4.98 Å². The fourth-order valence-corrected chi connectivity index (χ4v) is 3.08. The van der Waals surface area contributed by atoms with Gasteiger partial charge in [-0.1, -0.05) is 0 Å². The molecule has 1 aromatic heterocycles. The number of alkyl halides is 1. The highest BCUT2D eigenvalue weighted by atomic mass is 35.5. The summed E-state index contributed by atoms with van der Waals surface area (Å²) >= 11 is 5.89. The second kappa shape index (κ2) is 6.46. The van der Waals surface area contributed by atoms with Gasteiger partial charge in [-0.05, 0) is 37.5 Å². The maximum atomic E-state index is 9.08. The zero-order valence-corrected chi connectivity index (χ0v) is 12.6. The third-order valence-electron chi connectivity index (χ3n) is 3.97. The first-order valence-electron chi connectivity index (χ1n) is 7.38. The van der Waals surface area contributed by atoms with Gasteiger partial charge in [-0.3, -0.25) is 0 Å². The predicted octanol–water partition coefficient (Wildman–Crippen LogP) is 3.26. The van der Waals surface area contributed by atoms with Crippen molar-refractivity contribution >= 4 is 22.6 Å². The van der Waals surface area contributed by atoms with Crippen LogP contribution in [0.25, 0.3) is 11.0 Å². The number of benzene rings is 1. The van der Waals surface area contributed by atoms with Crippen LogP contribution in [0.5, 0.6) is 0 Å². The molecule has 0 radical (unpaired) electrons. The van der Waals surface area contributed by atoms with Crippen molar-refractivity contribution in [3.05, 3.63) is 29.6 Å². The number of aromatic nitrogens is 2. The minimum absolute atomic E-state index is 0.352. The molecule has 1 saturated heterocycles. The Hall–Kier alpha value is -1.57. The molecule has 1 aliphatic rings. The molecule has 0 saturated carbocycles. The van der Waals surface area contributed by atoms with Gasteiger partial charge < -0.3 is 9.30 Å². The first-order chi connectivity index (χ1) is 10.3. The Morgan fingerprint density at radius 2 is 2.38 bits per heavy atom. The Morgan fingerprint density at radius 3 is 3.10 bits per heavy atom. The van der Waals surface area contributed by atoms with Gasteiger partial charge >= 0.3 is 0 Å². The van der Waals surface area contributed by atoms with Crippen molar-refractivity contribution in [1.82, 2.24) is 9.55 Å². The monoisotopic (exact) mass is 303 g/mol. The van der Waals surface area contributed by atoms with Gasteiger partial charge in [-0.2, -0.15) is 5.26 Å². The van der Waals surface area contributed by atoms with Gasteiger partial charge in [0.15, 0.2) is 0 Å². The maximum Gasteiger partial charge on any atom is 0.111 e. The lowest BCUT2D eigenvalue weighted by Gasteiger charge is -2.12. The molecule has 3 rings (SSSR count). The summed E-state index contributed by atoms with van der Waals surface area (Å²) in [6.07, 6.45) is 4.37. The van der Waals surface area contributed by atoms with Gasteiger partial charge in [0, 0.05) is 25.5 Å². The molecule has 2 aromatic rings. The smallest absolute Gasteiger partial charge is 0.111 e. The van der Waals surface area contributed by atoms with E-state index in [1.165, 1.54) is 0 Å². The molecule has 5 heteroatoms. The van der Waals surface area contributed by atoms with Crippen LogP contribution in [0.4, 0.5) is 0 Å². The standard InChI is InChI=1S/C16H18ClN3O/c17-7-5-16-19-14-4-3-12(11-18)10-15(14)20(16)8-6-13-2-1-9-21-13/h3-4,10,13H,1-2,5-9H2. The Bertz CT molecular complexity index is 668. The van der Waals surface area contributed by atoms with Crippen LogP contribution >= 0.6 is 11.6 Å². The average molecular weight is 304 g/mol. The highest BCUT2D eigenvalue weighted by Gasteiger charge is 2.17. The largest absolute Gasteiger partial charge is 0.378 e. The van der Waals surface area contributed by atoms with Crippen molar-refractivity contribution in [2.24, 2.45) is 0 Å². The fourth-order valence-electron chi connectivity index (χ4n) is 2.91. The zero-order chi connectivity index (χ0) is 14.7. The number of ether oxygens (including phenoxy) is 1. The van der Waals surface area contributed by atoms with Crippen molar-refractivity contribution in [2.75, 3.05) is 12.5 Å². The highest BCUT2D eigenvalue weighted by Crippen LogP contribution is 2.22. The van der Waals surface area contributed by atoms with Crippen molar-refractivity contribution < 1.29 is 4.74 Å². The zero-order valence-electron chi connectivity index (χ0n) is 11.9. The summed E-state index contributed by atoms with van der Waals surface area (Å²) < 4.78 is 7.89. The summed E-state index contributed by atoms with van der Waals surface area (Å²) in [5, 5.41) is 9.08. The van der Waals surface area contributed by atoms with Crippen LogP contribution in [0.1, 0.15) is 30.7 Å². The van der Waals surface area contributed by atoms with Crippen LogP contribution in [-0.4, -0.2) is 28.1 Å². The third-order valence-corrected chi connectivity index (χ3v) is 4.16. The molecule has 0 bridgehead atoms. The lowest BCUT2D eigenvalue weighted by molar-refractivity contribution is 0.100. The minimum Gasteiger partial charge on any atom is -0.378 e. The van der Waals surface area contributed by atoms with Gasteiger partial charge in [0.05, 0.1) is 28.8 Å². The summed E-state index contributed by atoms with van der Waals surface area (Å²) in [6.45, 7) is 1.74. The number of halogens is 1. The fraction of sp³-hybridized carbons (Fsp3) is 0.500. The van der Waals surface area contributed by atoms with Crippen molar-refractivity contribution in [1.29, 1.82) is 5.26 Å². The molecular formula is C16H18ClN3O. The summed E-state index contributed by atoms with van der Waals surface area (Å²) in [5.41, 5.74) is 2.62. The molecule has 1 aliphatic heterocycles. The second-order valence-corrected chi connectivity index (χ2v) is 5.74. The van der Waals surface area contributed by atoms with Crippen LogP contribution < -0.4 is 0 Å². The molecule has 2 heterocycles. The molecule has 1 aromatic carbocycles. The molecule has 0 aliphatic carbocycles. The summed E-state index contributed by atoms with van der Waals surface area (Å²) in [7, 11) is 0. The van der Waals surface area contributed by atoms with Crippen molar-refractivity contribution in [3.63, 3.8) is 0 Å². The highest BCUT2D eigenvalue weighted by molar-refractivity contribution is 6.17. The van der Waals surface area contributed by atoms with E-state index in [2.05, 4.69) is 15.6 Å². The Balaban J connectivity index is 1.91. The number of fused-ring (bicyclic) bond motifs is 1. The Morgan fingerprint density at radius 1 is 1.48 bits per heavy atom. The molecule has 1 fully saturated rings. The lowest BCUT2D eigenvalue weighted by atomic mass is 10.1. The summed E-state index contributed by atoms with van der Waals surface area (Å²) in [4.78, 5) is 4.65. The molecule has 4 nitrogen and oxygen atoms in total. The van der Waals surface area contributed by atoms with E-state index >= 15 is 0 Å². The van der Waals surface area contributed by atoms with Crippen molar-refractivity contribution in [3.8, 4) is 6.07 Å². The average Bonchev–Trinajstić information content (AvgIpc) is 3.12. The molecule has 110 valence electrons. The third kappa shape index (κ3) is 3.04. The summed E-state index contributed by atoms with van der Waals surface area (Å²) in [6, 6.07) is 7.83. The SMILES string of the molecule is N#Cc1ccc2nc(CCCl)n(CCC3CCCO3)c2c1. The van der Waals surface area contributed by atoms with E-state index in [0.717, 1.165) is 55.7 Å². The lowest BCUT2D eigenvalue weighted by Crippen LogP contribution is -2.12. The van der Waals surface area contributed by atoms with E-state index in [4.69, 9.17) is 21.6 Å². The number of nitrogens with zero attached hydrogens (tertiary/aromatic N) is 3. The number of hydrogen-bond acceptors (Lipinski definition) is 3. The van der Waals surface area contributed by atoms with Crippen LogP contribution in [0, 0.1) is 11.3 Å². The Labute approximate surface area is 129 Å². The molecule has 1 unspecified atom stereocenters. The first-order valence-corrected chi connectivity index (χ1v) is 7.92. The van der Waals surface area contributed by atoms with E-state index in [1.807, 2.05) is 18.2 Å². The molecule has 1 atom stereocenters. The molecule has 0 N–H and O–H groups in total. The number of rotatable bonds is 5. The summed E-state index contributed by atoms with van der Waals surface area (Å²) in [5.74, 6) is 1.54. The normalized spacial score (nSPS) is 18.2. The van der Waals surface area contributed by atoms with Crippen molar-refractivity contribution in [2.45, 2.75) is 38.3 Å². The predicted molar refractivity (Wildman–Crippen MR) is 82.5 cm³/mol. The molecule has 0 spiro atoms. The van der Waals surface area contributed by atoms with E-state index in [0.29, 0.717) is 17.5 Å². The van der Waals surface area contributed by atoms with Gasteiger partial charge in [-0.15, -0.1) is 11.6 Å². The van der Waals surface area contributed by atoms with Crippen LogP contribution in [0.15, 0.2) is 18.2 Å². The minimum atomic E-state index is 0.352. The number of aryl methyl sites for hydroxylation is 2. The number of hydrogen-bond donors (Lipinski definition) is 0. The first kappa shape index (κ1) is 14.4. The van der Waals surface area contributed by atoms with Gasteiger partial charge in [0.2, 0.25) is 0 Å². The van der Waals surface area contributed by atoms with Gasteiger partial charge in [0.1, 0.15) is 5.82 Å². The van der Waals surface area contributed by atoms with Crippen LogP contribution in [-0.2, 0) is 17.7 Å². The van der Waals surface area contributed by atoms with Gasteiger partial charge in [0.25, 0.3) is 0 Å². The molecule has 0 amide bonds. The van der Waals surface area contributed by atoms with E-state index in [9.17, 15) is 0 Å². The topological polar surface area (TPSA) is 50.8 Å². The van der Waals surface area contributed by atoms with Crippen LogP contribution in [0.3, 0.4) is 0 Å². The quantitative estimate of drug-likeness (QED) is 0.797. The van der Waals surface area contributed by atoms with E-state index in [-0.39, 0.29) is 0 Å². The Kier molecular flexibility index (Phi) is 4.42. The second-order valence-electron chi connectivity index (χ2n) is 5.36. The van der Waals surface area contributed by atoms with E-state index in [1.54, 1.807) is 0 Å². The molecule has 21 heavy (non-hydrogen) atoms.